The Labute approximate surface area is 80.1 Å². The third kappa shape index (κ3) is 1.75. The Morgan fingerprint density at radius 1 is 1.62 bits per heavy atom. The first kappa shape index (κ1) is 9.85. The minimum Gasteiger partial charge on any atom is -0.465 e. The minimum absolute atomic E-state index is 0.104. The Morgan fingerprint density at radius 3 is 2.77 bits per heavy atom. The number of thiol groups is 1. The van der Waals surface area contributed by atoms with Gasteiger partial charge in [0.15, 0.2) is 0 Å². The molecule has 0 fully saturated rings. The van der Waals surface area contributed by atoms with Crippen LogP contribution in [0.15, 0.2) is 17.0 Å². The number of methoxy groups -OCH3 is 1. The highest BCUT2D eigenvalue weighted by atomic mass is 32.1. The number of carbonyl (C=O) groups excluding carboxylic acids is 1. The van der Waals surface area contributed by atoms with Crippen LogP contribution >= 0.6 is 12.6 Å². The Hall–Kier alpha value is -1.23. The maximum Gasteiger partial charge on any atom is 0.342 e. The predicted octanol–water partition coefficient (Wildman–Crippen LogP) is 1.48. The van der Waals surface area contributed by atoms with E-state index in [1.165, 1.54) is 6.07 Å². The van der Waals surface area contributed by atoms with Crippen LogP contribution in [0.5, 0.6) is 0 Å². The topological polar surface area (TPSA) is 52.3 Å². The first-order chi connectivity index (χ1) is 6.07. The van der Waals surface area contributed by atoms with Crippen molar-refractivity contribution in [1.29, 1.82) is 0 Å². The Kier molecular flexibility index (Phi) is 2.77. The van der Waals surface area contributed by atoms with Gasteiger partial charge in [-0.3, -0.25) is 0 Å². The molecule has 3 nitrogen and oxygen atoms in total. The van der Waals surface area contributed by atoms with E-state index < -0.39 is 11.8 Å². The van der Waals surface area contributed by atoms with Gasteiger partial charge in [-0.25, -0.2) is 9.18 Å². The second-order valence-corrected chi connectivity index (χ2v) is 2.80. The van der Waals surface area contributed by atoms with Crippen LogP contribution in [0, 0.1) is 5.82 Å². The number of nitrogen functional groups attached to an aromatic ring is 1. The summed E-state index contributed by atoms with van der Waals surface area (Å²) < 4.78 is 17.4. The van der Waals surface area contributed by atoms with Gasteiger partial charge in [-0.05, 0) is 12.1 Å². The molecule has 1 rings (SSSR count). The van der Waals surface area contributed by atoms with E-state index in [1.54, 1.807) is 0 Å². The standard InChI is InChI=1S/C8H8FNO2S/c1-12-8(11)6-4(9)2-3-5(10)7(6)13/h2-3,13H,10H2,1H3. The third-order valence-corrected chi connectivity index (χ3v) is 2.03. The van der Waals surface area contributed by atoms with E-state index in [-0.39, 0.29) is 16.1 Å². The molecular formula is C8H8FNO2S. The van der Waals surface area contributed by atoms with Gasteiger partial charge in [-0.1, -0.05) is 0 Å². The summed E-state index contributed by atoms with van der Waals surface area (Å²) in [6.45, 7) is 0. The van der Waals surface area contributed by atoms with Gasteiger partial charge < -0.3 is 10.5 Å². The molecule has 0 spiro atoms. The summed E-state index contributed by atoms with van der Waals surface area (Å²) in [5.41, 5.74) is 5.44. The summed E-state index contributed by atoms with van der Waals surface area (Å²) in [6, 6.07) is 2.44. The minimum atomic E-state index is -0.783. The monoisotopic (exact) mass is 201 g/mol. The SMILES string of the molecule is COC(=O)c1c(F)ccc(N)c1S. The smallest absolute Gasteiger partial charge is 0.342 e. The summed E-state index contributed by atoms with van der Waals surface area (Å²) in [5.74, 6) is -1.47. The molecule has 0 aliphatic carbocycles. The Morgan fingerprint density at radius 2 is 2.23 bits per heavy atom. The summed E-state index contributed by atoms with van der Waals surface area (Å²) in [4.78, 5) is 11.1. The second kappa shape index (κ2) is 3.66. The first-order valence-corrected chi connectivity index (χ1v) is 3.88. The van der Waals surface area contributed by atoms with E-state index in [0.29, 0.717) is 0 Å². The maximum atomic E-state index is 13.1. The van der Waals surface area contributed by atoms with Crippen molar-refractivity contribution in [3.05, 3.63) is 23.5 Å². The van der Waals surface area contributed by atoms with Gasteiger partial charge in [-0.15, -0.1) is 12.6 Å². The van der Waals surface area contributed by atoms with Crippen molar-refractivity contribution >= 4 is 24.3 Å². The van der Waals surface area contributed by atoms with Crippen LogP contribution in [0.25, 0.3) is 0 Å². The predicted molar refractivity (Wildman–Crippen MR) is 49.4 cm³/mol. The zero-order valence-corrected chi connectivity index (χ0v) is 7.77. The number of benzene rings is 1. The number of nitrogens with two attached hydrogens (primary N) is 1. The summed E-state index contributed by atoms with van der Waals surface area (Å²) in [7, 11) is 1.16. The van der Waals surface area contributed by atoms with Gasteiger partial charge >= 0.3 is 5.97 Å². The molecule has 2 N–H and O–H groups in total. The lowest BCUT2D eigenvalue weighted by Crippen LogP contribution is -2.07. The molecule has 1 aromatic rings. The molecule has 0 saturated carbocycles. The highest BCUT2D eigenvalue weighted by molar-refractivity contribution is 7.80. The molecular weight excluding hydrogens is 193 g/mol. The van der Waals surface area contributed by atoms with E-state index in [0.717, 1.165) is 13.2 Å². The molecule has 0 amide bonds. The van der Waals surface area contributed by atoms with Crippen LogP contribution in [0.3, 0.4) is 0 Å². The third-order valence-electron chi connectivity index (χ3n) is 1.55. The highest BCUT2D eigenvalue weighted by Crippen LogP contribution is 2.24. The number of carbonyl (C=O) groups is 1. The fourth-order valence-corrected chi connectivity index (χ4v) is 1.15. The summed E-state index contributed by atoms with van der Waals surface area (Å²) >= 11 is 3.91. The van der Waals surface area contributed by atoms with Crippen molar-refractivity contribution in [2.45, 2.75) is 4.90 Å². The molecule has 0 aliphatic rings. The zero-order chi connectivity index (χ0) is 10.0. The number of hydrogen-bond donors (Lipinski definition) is 2. The molecule has 0 saturated heterocycles. The molecule has 13 heavy (non-hydrogen) atoms. The van der Waals surface area contributed by atoms with Crippen molar-refractivity contribution in [2.75, 3.05) is 12.8 Å². The van der Waals surface area contributed by atoms with Crippen molar-refractivity contribution in [3.63, 3.8) is 0 Å². The lowest BCUT2D eigenvalue weighted by Gasteiger charge is -2.06. The lowest BCUT2D eigenvalue weighted by molar-refractivity contribution is 0.0591. The van der Waals surface area contributed by atoms with Gasteiger partial charge in [0.2, 0.25) is 0 Å². The molecule has 1 aromatic carbocycles. The molecule has 0 atom stereocenters. The Balaban J connectivity index is 3.33. The van der Waals surface area contributed by atoms with Gasteiger partial charge in [0.25, 0.3) is 0 Å². The molecule has 0 aliphatic heterocycles. The van der Waals surface area contributed by atoms with Crippen molar-refractivity contribution < 1.29 is 13.9 Å². The number of esters is 1. The Bertz CT molecular complexity index is 354. The van der Waals surface area contributed by atoms with Crippen molar-refractivity contribution in [1.82, 2.24) is 0 Å². The van der Waals surface area contributed by atoms with Crippen LogP contribution in [-0.2, 0) is 4.74 Å². The molecule has 0 bridgehead atoms. The molecule has 0 heterocycles. The molecule has 70 valence electrons. The van der Waals surface area contributed by atoms with Crippen molar-refractivity contribution in [3.8, 4) is 0 Å². The van der Waals surface area contributed by atoms with E-state index in [9.17, 15) is 9.18 Å². The van der Waals surface area contributed by atoms with Crippen LogP contribution in [0.1, 0.15) is 10.4 Å². The quantitative estimate of drug-likeness (QED) is 0.411. The molecule has 0 unspecified atom stereocenters. The average molecular weight is 201 g/mol. The fourth-order valence-electron chi connectivity index (χ4n) is 0.879. The first-order valence-electron chi connectivity index (χ1n) is 3.43. The van der Waals surface area contributed by atoms with E-state index in [1.807, 2.05) is 0 Å². The maximum absolute atomic E-state index is 13.1. The van der Waals surface area contributed by atoms with Gasteiger partial charge in [0, 0.05) is 10.6 Å². The van der Waals surface area contributed by atoms with Crippen molar-refractivity contribution in [2.24, 2.45) is 0 Å². The van der Waals surface area contributed by atoms with E-state index in [4.69, 9.17) is 5.73 Å². The van der Waals surface area contributed by atoms with Gasteiger partial charge in [0.1, 0.15) is 11.4 Å². The fraction of sp³-hybridized carbons (Fsp3) is 0.125. The average Bonchev–Trinajstić information content (AvgIpc) is 2.12. The van der Waals surface area contributed by atoms with Gasteiger partial charge in [0.05, 0.1) is 7.11 Å². The number of ether oxygens (including phenoxy) is 1. The van der Waals surface area contributed by atoms with Crippen LogP contribution < -0.4 is 5.73 Å². The largest absolute Gasteiger partial charge is 0.465 e. The van der Waals surface area contributed by atoms with Crippen LogP contribution in [0.4, 0.5) is 10.1 Å². The van der Waals surface area contributed by atoms with E-state index >= 15 is 0 Å². The number of rotatable bonds is 1. The normalized spacial score (nSPS) is 9.77. The summed E-state index contributed by atoms with van der Waals surface area (Å²) in [5, 5.41) is 0. The number of anilines is 1. The molecule has 5 heteroatoms. The number of hydrogen-bond acceptors (Lipinski definition) is 4. The van der Waals surface area contributed by atoms with E-state index in [2.05, 4.69) is 17.4 Å². The summed E-state index contributed by atoms with van der Waals surface area (Å²) in [6.07, 6.45) is 0. The lowest BCUT2D eigenvalue weighted by atomic mass is 10.2. The van der Waals surface area contributed by atoms with Crippen LogP contribution in [-0.4, -0.2) is 13.1 Å². The molecule has 0 aromatic heterocycles. The van der Waals surface area contributed by atoms with Gasteiger partial charge in [-0.2, -0.15) is 0 Å². The van der Waals surface area contributed by atoms with Crippen LogP contribution in [0.2, 0.25) is 0 Å². The molecule has 0 radical (unpaired) electrons. The zero-order valence-electron chi connectivity index (χ0n) is 6.87. The number of halogens is 1. The highest BCUT2D eigenvalue weighted by Gasteiger charge is 2.17. The second-order valence-electron chi connectivity index (χ2n) is 2.35.